The van der Waals surface area contributed by atoms with Crippen LogP contribution < -0.4 is 4.74 Å². The number of benzene rings is 1. The zero-order valence-corrected chi connectivity index (χ0v) is 9.98. The monoisotopic (exact) mass is 224 g/mol. The minimum Gasteiger partial charge on any atom is -0.491 e. The molecule has 1 rings (SSSR count). The van der Waals surface area contributed by atoms with Crippen molar-refractivity contribution >= 4 is 0 Å². The fraction of sp³-hybridized carbons (Fsp3) is 0.538. The second kappa shape index (κ2) is 7.25. The van der Waals surface area contributed by atoms with Crippen LogP contribution in [-0.2, 0) is 11.2 Å². The number of methoxy groups -OCH3 is 1. The lowest BCUT2D eigenvalue weighted by atomic mass is 10.1. The molecule has 3 heteroatoms. The van der Waals surface area contributed by atoms with Crippen molar-refractivity contribution in [1.82, 2.24) is 0 Å². The van der Waals surface area contributed by atoms with E-state index in [4.69, 9.17) is 9.47 Å². The molecular formula is C13H20O3. The molecular weight excluding hydrogens is 204 g/mol. The van der Waals surface area contributed by atoms with E-state index in [1.165, 1.54) is 5.56 Å². The lowest BCUT2D eigenvalue weighted by molar-refractivity contribution is 0.104. The summed E-state index contributed by atoms with van der Waals surface area (Å²) >= 11 is 0. The molecule has 0 saturated heterocycles. The Morgan fingerprint density at radius 1 is 1.38 bits per heavy atom. The maximum Gasteiger partial charge on any atom is 0.119 e. The van der Waals surface area contributed by atoms with Gasteiger partial charge < -0.3 is 14.6 Å². The van der Waals surface area contributed by atoms with Gasteiger partial charge in [-0.05, 0) is 30.5 Å². The summed E-state index contributed by atoms with van der Waals surface area (Å²) < 4.78 is 10.5. The van der Waals surface area contributed by atoms with Crippen LogP contribution >= 0.6 is 0 Å². The molecule has 16 heavy (non-hydrogen) atoms. The summed E-state index contributed by atoms with van der Waals surface area (Å²) in [5.74, 6) is 0.807. The van der Waals surface area contributed by atoms with E-state index in [1.807, 2.05) is 31.2 Å². The van der Waals surface area contributed by atoms with Gasteiger partial charge in [0.25, 0.3) is 0 Å². The molecule has 0 bridgehead atoms. The van der Waals surface area contributed by atoms with E-state index in [0.717, 1.165) is 12.2 Å². The third kappa shape index (κ3) is 4.64. The third-order valence-corrected chi connectivity index (χ3v) is 2.41. The SMILES string of the molecule is CC[C@H](O)COc1cccc(CCOC)c1. The second-order valence-corrected chi connectivity index (χ2v) is 3.76. The van der Waals surface area contributed by atoms with Gasteiger partial charge in [-0.15, -0.1) is 0 Å². The zero-order valence-electron chi connectivity index (χ0n) is 9.98. The molecule has 1 aromatic carbocycles. The molecule has 0 spiro atoms. The van der Waals surface area contributed by atoms with Crippen LogP contribution in [0.4, 0.5) is 0 Å². The summed E-state index contributed by atoms with van der Waals surface area (Å²) in [5, 5.41) is 9.38. The topological polar surface area (TPSA) is 38.7 Å². The van der Waals surface area contributed by atoms with Crippen molar-refractivity contribution in [3.63, 3.8) is 0 Å². The highest BCUT2D eigenvalue weighted by Crippen LogP contribution is 2.14. The predicted octanol–water partition coefficient (Wildman–Crippen LogP) is 2.03. The van der Waals surface area contributed by atoms with Gasteiger partial charge in [-0.3, -0.25) is 0 Å². The van der Waals surface area contributed by atoms with Crippen LogP contribution in [0.3, 0.4) is 0 Å². The van der Waals surface area contributed by atoms with Crippen molar-refractivity contribution in [2.24, 2.45) is 0 Å². The molecule has 0 fully saturated rings. The van der Waals surface area contributed by atoms with Crippen LogP contribution in [0.2, 0.25) is 0 Å². The first-order valence-electron chi connectivity index (χ1n) is 5.65. The standard InChI is InChI=1S/C13H20O3/c1-3-12(14)10-16-13-6-4-5-11(9-13)7-8-15-2/h4-6,9,12,14H,3,7-8,10H2,1-2H3/t12-/m0/s1. The van der Waals surface area contributed by atoms with Crippen LogP contribution in [0.5, 0.6) is 5.75 Å². The summed E-state index contributed by atoms with van der Waals surface area (Å²) in [7, 11) is 1.69. The number of hydrogen-bond donors (Lipinski definition) is 1. The van der Waals surface area contributed by atoms with Crippen LogP contribution in [-0.4, -0.2) is 31.5 Å². The Balaban J connectivity index is 2.46. The molecule has 3 nitrogen and oxygen atoms in total. The van der Waals surface area contributed by atoms with Gasteiger partial charge in [0.1, 0.15) is 12.4 Å². The lowest BCUT2D eigenvalue weighted by Gasteiger charge is -2.11. The van der Waals surface area contributed by atoms with E-state index in [-0.39, 0.29) is 6.10 Å². The highest BCUT2D eigenvalue weighted by atomic mass is 16.5. The van der Waals surface area contributed by atoms with Crippen molar-refractivity contribution in [1.29, 1.82) is 0 Å². The summed E-state index contributed by atoms with van der Waals surface area (Å²) in [5.41, 5.74) is 1.19. The minimum absolute atomic E-state index is 0.351. The van der Waals surface area contributed by atoms with Gasteiger partial charge in [0.05, 0.1) is 12.7 Å². The Labute approximate surface area is 97.0 Å². The normalized spacial score (nSPS) is 12.4. The average molecular weight is 224 g/mol. The molecule has 0 unspecified atom stereocenters. The highest BCUT2D eigenvalue weighted by molar-refractivity contribution is 5.28. The molecule has 0 aromatic heterocycles. The molecule has 1 aromatic rings. The van der Waals surface area contributed by atoms with Crippen LogP contribution in [0.25, 0.3) is 0 Å². The quantitative estimate of drug-likeness (QED) is 0.770. The predicted molar refractivity (Wildman–Crippen MR) is 63.8 cm³/mol. The number of ether oxygens (including phenoxy) is 2. The van der Waals surface area contributed by atoms with Crippen LogP contribution in [0.15, 0.2) is 24.3 Å². The molecule has 0 aliphatic rings. The number of aliphatic hydroxyl groups excluding tert-OH is 1. The van der Waals surface area contributed by atoms with Gasteiger partial charge in [-0.25, -0.2) is 0 Å². The molecule has 0 heterocycles. The van der Waals surface area contributed by atoms with Gasteiger partial charge in [-0.2, -0.15) is 0 Å². The van der Waals surface area contributed by atoms with E-state index in [2.05, 4.69) is 0 Å². The first-order valence-corrected chi connectivity index (χ1v) is 5.65. The zero-order chi connectivity index (χ0) is 11.8. The van der Waals surface area contributed by atoms with Gasteiger partial charge in [-0.1, -0.05) is 19.1 Å². The largest absolute Gasteiger partial charge is 0.491 e. The van der Waals surface area contributed by atoms with E-state index in [0.29, 0.717) is 19.6 Å². The first-order chi connectivity index (χ1) is 7.76. The smallest absolute Gasteiger partial charge is 0.119 e. The van der Waals surface area contributed by atoms with E-state index >= 15 is 0 Å². The first kappa shape index (κ1) is 13.0. The van der Waals surface area contributed by atoms with Gasteiger partial charge in [0.2, 0.25) is 0 Å². The average Bonchev–Trinajstić information content (AvgIpc) is 2.34. The van der Waals surface area contributed by atoms with Crippen LogP contribution in [0.1, 0.15) is 18.9 Å². The Morgan fingerprint density at radius 2 is 2.19 bits per heavy atom. The lowest BCUT2D eigenvalue weighted by Crippen LogP contribution is -2.16. The molecule has 1 atom stereocenters. The van der Waals surface area contributed by atoms with E-state index < -0.39 is 0 Å². The molecule has 0 aliphatic heterocycles. The number of rotatable bonds is 7. The molecule has 0 saturated carbocycles. The summed E-state index contributed by atoms with van der Waals surface area (Å²) in [6, 6.07) is 7.89. The maximum atomic E-state index is 9.38. The molecule has 90 valence electrons. The fourth-order valence-corrected chi connectivity index (χ4v) is 1.32. The van der Waals surface area contributed by atoms with Crippen molar-refractivity contribution < 1.29 is 14.6 Å². The van der Waals surface area contributed by atoms with Gasteiger partial charge in [0, 0.05) is 7.11 Å². The van der Waals surface area contributed by atoms with Crippen molar-refractivity contribution in [2.45, 2.75) is 25.9 Å². The van der Waals surface area contributed by atoms with E-state index in [9.17, 15) is 5.11 Å². The van der Waals surface area contributed by atoms with Crippen LogP contribution in [0, 0.1) is 0 Å². The summed E-state index contributed by atoms with van der Waals surface area (Å²) in [4.78, 5) is 0. The Bertz CT molecular complexity index is 299. The van der Waals surface area contributed by atoms with Gasteiger partial charge in [0.15, 0.2) is 0 Å². The minimum atomic E-state index is -0.386. The van der Waals surface area contributed by atoms with Gasteiger partial charge >= 0.3 is 0 Å². The number of hydrogen-bond acceptors (Lipinski definition) is 3. The van der Waals surface area contributed by atoms with Crippen molar-refractivity contribution in [3.8, 4) is 5.75 Å². The Kier molecular flexibility index (Phi) is 5.90. The summed E-state index contributed by atoms with van der Waals surface area (Å²) in [6.45, 7) is 2.99. The third-order valence-electron chi connectivity index (χ3n) is 2.41. The molecule has 0 amide bonds. The molecule has 0 radical (unpaired) electrons. The van der Waals surface area contributed by atoms with E-state index in [1.54, 1.807) is 7.11 Å². The Hall–Kier alpha value is -1.06. The second-order valence-electron chi connectivity index (χ2n) is 3.76. The highest BCUT2D eigenvalue weighted by Gasteiger charge is 2.02. The van der Waals surface area contributed by atoms with Crippen molar-refractivity contribution in [3.05, 3.63) is 29.8 Å². The maximum absolute atomic E-state index is 9.38. The fourth-order valence-electron chi connectivity index (χ4n) is 1.32. The van der Waals surface area contributed by atoms with Crippen molar-refractivity contribution in [2.75, 3.05) is 20.3 Å². The molecule has 1 N–H and O–H groups in total. The number of aliphatic hydroxyl groups is 1. The molecule has 0 aliphatic carbocycles. The Morgan fingerprint density at radius 3 is 2.88 bits per heavy atom. The summed E-state index contributed by atoms with van der Waals surface area (Å²) in [6.07, 6.45) is 1.20.